The molecular weight excluding hydrogens is 236 g/mol. The van der Waals surface area contributed by atoms with E-state index >= 15 is 0 Å². The van der Waals surface area contributed by atoms with E-state index in [9.17, 15) is 0 Å². The lowest BCUT2D eigenvalue weighted by atomic mass is 9.87. The predicted octanol–water partition coefficient (Wildman–Crippen LogP) is 3.60. The molecule has 19 heavy (non-hydrogen) atoms. The molecule has 1 aromatic carbocycles. The minimum atomic E-state index is 0.718. The molecule has 1 fully saturated rings. The van der Waals surface area contributed by atoms with Gasteiger partial charge in [0.25, 0.3) is 0 Å². The summed E-state index contributed by atoms with van der Waals surface area (Å²) in [5.74, 6) is 2.32. The highest BCUT2D eigenvalue weighted by atomic mass is 16.5. The van der Waals surface area contributed by atoms with Crippen molar-refractivity contribution >= 4 is 0 Å². The van der Waals surface area contributed by atoms with Crippen LogP contribution in [0.2, 0.25) is 0 Å². The van der Waals surface area contributed by atoms with Crippen molar-refractivity contribution < 1.29 is 4.52 Å². The first-order chi connectivity index (χ1) is 9.40. The maximum Gasteiger partial charge on any atom is 0.226 e. The number of rotatable bonds is 4. The van der Waals surface area contributed by atoms with Crippen molar-refractivity contribution in [2.45, 2.75) is 38.5 Å². The first-order valence-electron chi connectivity index (χ1n) is 7.07. The summed E-state index contributed by atoms with van der Waals surface area (Å²) in [5, 5.41) is 4.08. The van der Waals surface area contributed by atoms with Gasteiger partial charge in [-0.15, -0.1) is 0 Å². The number of aromatic nitrogens is 2. The third kappa shape index (κ3) is 3.43. The van der Waals surface area contributed by atoms with Crippen LogP contribution in [0.15, 0.2) is 34.9 Å². The van der Waals surface area contributed by atoms with E-state index in [-0.39, 0.29) is 0 Å². The Bertz CT molecular complexity index is 500. The molecule has 0 amide bonds. The van der Waals surface area contributed by atoms with Gasteiger partial charge in [0.2, 0.25) is 5.89 Å². The topological polar surface area (TPSA) is 38.9 Å². The van der Waals surface area contributed by atoms with Crippen LogP contribution in [0.25, 0.3) is 0 Å². The molecule has 0 spiro atoms. The summed E-state index contributed by atoms with van der Waals surface area (Å²) in [5.41, 5.74) is 1.22. The molecule has 1 aliphatic rings. The Labute approximate surface area is 114 Å². The van der Waals surface area contributed by atoms with Crippen LogP contribution in [0, 0.1) is 12.3 Å². The summed E-state index contributed by atoms with van der Waals surface area (Å²) in [7, 11) is 0. The second-order valence-electron chi connectivity index (χ2n) is 5.28. The zero-order valence-corrected chi connectivity index (χ0v) is 11.1. The molecule has 3 heteroatoms. The first-order valence-corrected chi connectivity index (χ1v) is 7.07. The molecule has 1 aliphatic carbocycles. The largest absolute Gasteiger partial charge is 0.339 e. The van der Waals surface area contributed by atoms with Gasteiger partial charge in [0.15, 0.2) is 5.82 Å². The van der Waals surface area contributed by atoms with Crippen LogP contribution in [0.1, 0.15) is 43.0 Å². The first kappa shape index (κ1) is 12.4. The van der Waals surface area contributed by atoms with Crippen LogP contribution in [-0.2, 0) is 12.8 Å². The van der Waals surface area contributed by atoms with E-state index in [1.807, 2.05) is 18.2 Å². The summed E-state index contributed by atoms with van der Waals surface area (Å²) in [6.07, 6.45) is 9.06. The van der Waals surface area contributed by atoms with E-state index in [0.29, 0.717) is 0 Å². The Morgan fingerprint density at radius 1 is 1.11 bits per heavy atom. The minimum Gasteiger partial charge on any atom is -0.339 e. The summed E-state index contributed by atoms with van der Waals surface area (Å²) in [6.45, 7) is 0. The highest BCUT2D eigenvalue weighted by Crippen LogP contribution is 2.25. The number of hydrogen-bond donors (Lipinski definition) is 0. The standard InChI is InChI=1S/C16H19N2O/c1-3-7-13(8-4-1)11-15-17-16(19-18-15)12-14-9-5-2-6-10-14/h1-4,7-8,14H,5-6,9-12H2. The maximum atomic E-state index is 5.37. The van der Waals surface area contributed by atoms with Gasteiger partial charge in [0.05, 0.1) is 0 Å². The third-order valence-corrected chi connectivity index (χ3v) is 3.74. The summed E-state index contributed by atoms with van der Waals surface area (Å²) in [4.78, 5) is 4.51. The number of hydrogen-bond acceptors (Lipinski definition) is 3. The predicted molar refractivity (Wildman–Crippen MR) is 73.5 cm³/mol. The van der Waals surface area contributed by atoms with Gasteiger partial charge < -0.3 is 4.52 Å². The molecule has 3 nitrogen and oxygen atoms in total. The van der Waals surface area contributed by atoms with Crippen molar-refractivity contribution in [2.75, 3.05) is 0 Å². The van der Waals surface area contributed by atoms with Gasteiger partial charge in [-0.1, -0.05) is 35.5 Å². The van der Waals surface area contributed by atoms with Crippen LogP contribution in [-0.4, -0.2) is 10.1 Å². The molecule has 3 rings (SSSR count). The van der Waals surface area contributed by atoms with E-state index < -0.39 is 0 Å². The molecule has 1 aromatic heterocycles. The van der Waals surface area contributed by atoms with E-state index in [1.165, 1.54) is 31.2 Å². The lowest BCUT2D eigenvalue weighted by Gasteiger charge is -2.19. The molecular formula is C16H19N2O. The molecule has 0 aliphatic heterocycles. The fourth-order valence-electron chi connectivity index (χ4n) is 2.67. The van der Waals surface area contributed by atoms with Gasteiger partial charge in [-0.25, -0.2) is 0 Å². The van der Waals surface area contributed by atoms with Crippen LogP contribution in [0.3, 0.4) is 0 Å². The van der Waals surface area contributed by atoms with Gasteiger partial charge in [-0.2, -0.15) is 4.98 Å². The van der Waals surface area contributed by atoms with Crippen molar-refractivity contribution in [1.82, 2.24) is 10.1 Å². The second kappa shape index (κ2) is 6.00. The van der Waals surface area contributed by atoms with Crippen molar-refractivity contribution in [3.05, 3.63) is 54.0 Å². The highest BCUT2D eigenvalue weighted by molar-refractivity contribution is 5.18. The fraction of sp³-hybridized carbons (Fsp3) is 0.438. The van der Waals surface area contributed by atoms with E-state index in [2.05, 4.69) is 28.7 Å². The van der Waals surface area contributed by atoms with Crippen LogP contribution in [0.5, 0.6) is 0 Å². The van der Waals surface area contributed by atoms with Crippen molar-refractivity contribution in [2.24, 2.45) is 5.92 Å². The Morgan fingerprint density at radius 3 is 2.68 bits per heavy atom. The molecule has 1 saturated carbocycles. The third-order valence-electron chi connectivity index (χ3n) is 3.74. The zero-order valence-electron chi connectivity index (χ0n) is 11.1. The highest BCUT2D eigenvalue weighted by Gasteiger charge is 2.17. The molecule has 0 unspecified atom stereocenters. The summed E-state index contributed by atoms with van der Waals surface area (Å²) >= 11 is 0. The minimum absolute atomic E-state index is 0.718. The van der Waals surface area contributed by atoms with Gasteiger partial charge in [-0.05, 0) is 43.6 Å². The van der Waals surface area contributed by atoms with E-state index in [0.717, 1.165) is 30.5 Å². The molecule has 0 bridgehead atoms. The fourth-order valence-corrected chi connectivity index (χ4v) is 2.67. The monoisotopic (exact) mass is 255 g/mol. The lowest BCUT2D eigenvalue weighted by Crippen LogP contribution is -2.09. The SMILES string of the molecule is [CH]1CCC(Cc2nc(Cc3ccccc3)no2)CC1. The zero-order chi connectivity index (χ0) is 12.9. The van der Waals surface area contributed by atoms with Crippen LogP contribution >= 0.6 is 0 Å². The van der Waals surface area contributed by atoms with Crippen molar-refractivity contribution in [1.29, 1.82) is 0 Å². The molecule has 99 valence electrons. The van der Waals surface area contributed by atoms with Gasteiger partial charge in [0.1, 0.15) is 0 Å². The normalized spacial score (nSPS) is 16.6. The van der Waals surface area contributed by atoms with Gasteiger partial charge in [0, 0.05) is 12.8 Å². The maximum absolute atomic E-state index is 5.37. The summed E-state index contributed by atoms with van der Waals surface area (Å²) in [6, 6.07) is 10.3. The Morgan fingerprint density at radius 2 is 1.89 bits per heavy atom. The molecule has 0 saturated heterocycles. The molecule has 0 atom stereocenters. The quantitative estimate of drug-likeness (QED) is 0.838. The molecule has 1 radical (unpaired) electrons. The number of nitrogens with zero attached hydrogens (tertiary/aromatic N) is 2. The van der Waals surface area contributed by atoms with Crippen LogP contribution in [0.4, 0.5) is 0 Å². The van der Waals surface area contributed by atoms with Crippen molar-refractivity contribution in [3.8, 4) is 0 Å². The molecule has 2 aromatic rings. The Hall–Kier alpha value is -1.64. The summed E-state index contributed by atoms with van der Waals surface area (Å²) < 4.78 is 5.37. The van der Waals surface area contributed by atoms with Gasteiger partial charge in [-0.3, -0.25) is 0 Å². The van der Waals surface area contributed by atoms with E-state index in [4.69, 9.17) is 4.52 Å². The average Bonchev–Trinajstić information content (AvgIpc) is 2.88. The second-order valence-corrected chi connectivity index (χ2v) is 5.28. The average molecular weight is 255 g/mol. The van der Waals surface area contributed by atoms with Gasteiger partial charge >= 0.3 is 0 Å². The Balaban J connectivity index is 1.59. The lowest BCUT2D eigenvalue weighted by molar-refractivity contribution is 0.322. The van der Waals surface area contributed by atoms with Crippen LogP contribution < -0.4 is 0 Å². The molecule has 0 N–H and O–H groups in total. The number of benzene rings is 1. The molecule has 1 heterocycles. The van der Waals surface area contributed by atoms with E-state index in [1.54, 1.807) is 0 Å². The smallest absolute Gasteiger partial charge is 0.226 e. The Kier molecular flexibility index (Phi) is 3.92. The van der Waals surface area contributed by atoms with Crippen molar-refractivity contribution in [3.63, 3.8) is 0 Å².